The minimum atomic E-state index is -0.332. The molecule has 1 aromatic heterocycles. The Morgan fingerprint density at radius 2 is 1.62 bits per heavy atom. The van der Waals surface area contributed by atoms with Crippen molar-refractivity contribution in [3.63, 3.8) is 0 Å². The van der Waals surface area contributed by atoms with Gasteiger partial charge in [0.25, 0.3) is 11.8 Å². The van der Waals surface area contributed by atoms with E-state index in [4.69, 9.17) is 9.15 Å². The van der Waals surface area contributed by atoms with Crippen molar-refractivity contribution < 1.29 is 18.7 Å². The van der Waals surface area contributed by atoms with Crippen molar-refractivity contribution >= 4 is 17.5 Å². The number of hydrogen-bond donors (Lipinski definition) is 2. The highest BCUT2D eigenvalue weighted by Gasteiger charge is 2.15. The molecule has 32 heavy (non-hydrogen) atoms. The number of hydrogen-bond acceptors (Lipinski definition) is 4. The quantitative estimate of drug-likeness (QED) is 0.414. The zero-order valence-corrected chi connectivity index (χ0v) is 17.3. The lowest BCUT2D eigenvalue weighted by molar-refractivity contribution is 0.0949. The van der Waals surface area contributed by atoms with E-state index in [0.29, 0.717) is 34.9 Å². The predicted molar refractivity (Wildman–Crippen MR) is 121 cm³/mol. The maximum Gasteiger partial charge on any atom is 0.255 e. The third kappa shape index (κ3) is 5.43. The molecule has 2 N–H and O–H groups in total. The van der Waals surface area contributed by atoms with Gasteiger partial charge in [0.1, 0.15) is 18.1 Å². The van der Waals surface area contributed by atoms with Gasteiger partial charge in [-0.05, 0) is 48.0 Å². The summed E-state index contributed by atoms with van der Waals surface area (Å²) in [7, 11) is 0. The molecule has 4 aromatic rings. The standard InChI is InChI=1S/C26H22N2O4/c29-25(20-10-6-11-21(16-20)32-18-19-8-2-1-3-9-19)28-24-14-5-4-13-23(24)26(30)27-17-22-12-7-15-31-22/h1-16H,17-18H2,(H,27,30)(H,28,29). The summed E-state index contributed by atoms with van der Waals surface area (Å²) in [5.74, 6) is 0.594. The number of anilines is 1. The van der Waals surface area contributed by atoms with Crippen LogP contribution in [0.25, 0.3) is 0 Å². The molecule has 0 radical (unpaired) electrons. The Hall–Kier alpha value is -4.32. The molecule has 4 rings (SSSR count). The number of nitrogens with one attached hydrogen (secondary N) is 2. The van der Waals surface area contributed by atoms with Crippen LogP contribution in [-0.4, -0.2) is 11.8 Å². The molecular formula is C26H22N2O4. The Labute approximate surface area is 185 Å². The van der Waals surface area contributed by atoms with Gasteiger partial charge < -0.3 is 19.8 Å². The molecule has 0 atom stereocenters. The van der Waals surface area contributed by atoms with Gasteiger partial charge in [0, 0.05) is 5.56 Å². The van der Waals surface area contributed by atoms with Crippen molar-refractivity contribution in [1.82, 2.24) is 5.32 Å². The second-order valence-electron chi connectivity index (χ2n) is 7.06. The molecule has 0 aliphatic heterocycles. The molecule has 160 valence electrons. The summed E-state index contributed by atoms with van der Waals surface area (Å²) in [4.78, 5) is 25.5. The van der Waals surface area contributed by atoms with E-state index >= 15 is 0 Å². The van der Waals surface area contributed by atoms with E-state index in [9.17, 15) is 9.59 Å². The summed E-state index contributed by atoms with van der Waals surface area (Å²) in [5, 5.41) is 5.62. The number of carbonyl (C=O) groups excluding carboxylic acids is 2. The van der Waals surface area contributed by atoms with E-state index in [2.05, 4.69) is 10.6 Å². The first-order valence-corrected chi connectivity index (χ1v) is 10.2. The zero-order valence-electron chi connectivity index (χ0n) is 17.3. The highest BCUT2D eigenvalue weighted by Crippen LogP contribution is 2.19. The maximum absolute atomic E-state index is 12.8. The lowest BCUT2D eigenvalue weighted by Gasteiger charge is -2.12. The van der Waals surface area contributed by atoms with E-state index in [0.717, 1.165) is 5.56 Å². The van der Waals surface area contributed by atoms with Crippen molar-refractivity contribution in [1.29, 1.82) is 0 Å². The van der Waals surface area contributed by atoms with Gasteiger partial charge >= 0.3 is 0 Å². The van der Waals surface area contributed by atoms with E-state index in [1.807, 2.05) is 30.3 Å². The molecule has 0 saturated heterocycles. The molecule has 0 fully saturated rings. The number of benzene rings is 3. The topological polar surface area (TPSA) is 80.6 Å². The first kappa shape index (κ1) is 20.9. The third-order valence-corrected chi connectivity index (χ3v) is 4.77. The summed E-state index contributed by atoms with van der Waals surface area (Å²) in [6, 6.07) is 27.1. The lowest BCUT2D eigenvalue weighted by Crippen LogP contribution is -2.24. The summed E-state index contributed by atoms with van der Waals surface area (Å²) in [5.41, 5.74) is 2.26. The van der Waals surface area contributed by atoms with Gasteiger partial charge in [0.15, 0.2) is 0 Å². The van der Waals surface area contributed by atoms with Crippen LogP contribution in [0.1, 0.15) is 32.0 Å². The van der Waals surface area contributed by atoms with Crippen molar-refractivity contribution in [3.05, 3.63) is 120 Å². The van der Waals surface area contributed by atoms with E-state index < -0.39 is 0 Å². The fraction of sp³-hybridized carbons (Fsp3) is 0.0769. The van der Waals surface area contributed by atoms with Crippen molar-refractivity contribution in [2.45, 2.75) is 13.2 Å². The number of rotatable bonds is 8. The van der Waals surface area contributed by atoms with Crippen LogP contribution < -0.4 is 15.4 Å². The minimum absolute atomic E-state index is 0.259. The second-order valence-corrected chi connectivity index (χ2v) is 7.06. The molecule has 1 heterocycles. The van der Waals surface area contributed by atoms with Gasteiger partial charge in [0.05, 0.1) is 24.1 Å². The second kappa shape index (κ2) is 10.1. The summed E-state index contributed by atoms with van der Waals surface area (Å²) < 4.78 is 11.0. The average Bonchev–Trinajstić information content (AvgIpc) is 3.36. The van der Waals surface area contributed by atoms with Crippen LogP contribution in [0.5, 0.6) is 5.75 Å². The molecule has 3 aromatic carbocycles. The third-order valence-electron chi connectivity index (χ3n) is 4.77. The molecule has 0 bridgehead atoms. The zero-order chi connectivity index (χ0) is 22.2. The Bertz CT molecular complexity index is 1190. The van der Waals surface area contributed by atoms with Gasteiger partial charge in [-0.3, -0.25) is 9.59 Å². The Balaban J connectivity index is 1.42. The highest BCUT2D eigenvalue weighted by atomic mass is 16.5. The summed E-state index contributed by atoms with van der Waals surface area (Å²) in [6.45, 7) is 0.666. The van der Waals surface area contributed by atoms with Crippen LogP contribution in [-0.2, 0) is 13.2 Å². The molecule has 0 aliphatic carbocycles. The van der Waals surface area contributed by atoms with Gasteiger partial charge in [-0.1, -0.05) is 48.5 Å². The SMILES string of the molecule is O=C(Nc1ccccc1C(=O)NCc1ccco1)c1cccc(OCc2ccccc2)c1. The number of carbonyl (C=O) groups is 2. The van der Waals surface area contributed by atoms with Crippen LogP contribution in [0.2, 0.25) is 0 Å². The summed E-state index contributed by atoms with van der Waals surface area (Å²) in [6.07, 6.45) is 1.55. The molecule has 0 saturated carbocycles. The Morgan fingerprint density at radius 1 is 0.812 bits per heavy atom. The van der Waals surface area contributed by atoms with Crippen molar-refractivity contribution in [2.75, 3.05) is 5.32 Å². The first-order valence-electron chi connectivity index (χ1n) is 10.2. The normalized spacial score (nSPS) is 10.4. The smallest absolute Gasteiger partial charge is 0.255 e. The van der Waals surface area contributed by atoms with Gasteiger partial charge in [-0.15, -0.1) is 0 Å². The first-order chi connectivity index (χ1) is 15.7. The fourth-order valence-electron chi connectivity index (χ4n) is 3.13. The molecule has 0 spiro atoms. The van der Waals surface area contributed by atoms with Crippen LogP contribution in [0.4, 0.5) is 5.69 Å². The monoisotopic (exact) mass is 426 g/mol. The molecule has 2 amide bonds. The molecule has 0 unspecified atom stereocenters. The maximum atomic E-state index is 12.8. The largest absolute Gasteiger partial charge is 0.489 e. The van der Waals surface area contributed by atoms with Gasteiger partial charge in [-0.25, -0.2) is 0 Å². The van der Waals surface area contributed by atoms with Gasteiger partial charge in [0.2, 0.25) is 0 Å². The minimum Gasteiger partial charge on any atom is -0.489 e. The highest BCUT2D eigenvalue weighted by molar-refractivity contribution is 6.09. The number of ether oxygens (including phenoxy) is 1. The van der Waals surface area contributed by atoms with Crippen LogP contribution in [0, 0.1) is 0 Å². The van der Waals surface area contributed by atoms with Crippen molar-refractivity contribution in [3.8, 4) is 5.75 Å². The summed E-state index contributed by atoms with van der Waals surface area (Å²) >= 11 is 0. The van der Waals surface area contributed by atoms with Crippen LogP contribution in [0.15, 0.2) is 102 Å². The average molecular weight is 426 g/mol. The van der Waals surface area contributed by atoms with Crippen LogP contribution >= 0.6 is 0 Å². The van der Waals surface area contributed by atoms with Crippen LogP contribution in [0.3, 0.4) is 0 Å². The number of para-hydroxylation sites is 1. The predicted octanol–water partition coefficient (Wildman–Crippen LogP) is 5.04. The molecule has 6 heteroatoms. The molecule has 6 nitrogen and oxygen atoms in total. The molecular weight excluding hydrogens is 404 g/mol. The number of amides is 2. The fourth-order valence-corrected chi connectivity index (χ4v) is 3.13. The lowest BCUT2D eigenvalue weighted by atomic mass is 10.1. The van der Waals surface area contributed by atoms with E-state index in [1.54, 1.807) is 66.9 Å². The van der Waals surface area contributed by atoms with Crippen molar-refractivity contribution in [2.24, 2.45) is 0 Å². The Morgan fingerprint density at radius 3 is 2.44 bits per heavy atom. The number of furan rings is 1. The molecule has 0 aliphatic rings. The van der Waals surface area contributed by atoms with E-state index in [1.165, 1.54) is 0 Å². The Kier molecular flexibility index (Phi) is 6.63. The van der Waals surface area contributed by atoms with Gasteiger partial charge in [-0.2, -0.15) is 0 Å². The van der Waals surface area contributed by atoms with E-state index in [-0.39, 0.29) is 18.4 Å².